The second-order valence-electron chi connectivity index (χ2n) is 4.44. The molecule has 2 aromatic rings. The van der Waals surface area contributed by atoms with E-state index >= 15 is 0 Å². The Morgan fingerprint density at radius 3 is 2.53 bits per heavy atom. The molecular weight excluding hydrogens is 245 g/mol. The number of halogens is 1. The predicted molar refractivity (Wildman–Crippen MR) is 71.9 cm³/mol. The maximum atomic E-state index is 13.6. The van der Waals surface area contributed by atoms with E-state index in [-0.39, 0.29) is 11.3 Å². The Balaban J connectivity index is 2.23. The molecule has 4 heteroatoms. The molecule has 2 N–H and O–H groups in total. The summed E-state index contributed by atoms with van der Waals surface area (Å²) >= 11 is 0. The first-order valence-corrected chi connectivity index (χ1v) is 5.84. The molecule has 3 nitrogen and oxygen atoms in total. The normalized spacial score (nSPS) is 10.3. The summed E-state index contributed by atoms with van der Waals surface area (Å²) in [6, 6.07) is 9.18. The zero-order chi connectivity index (χ0) is 14.0. The number of aromatic hydroxyl groups is 1. The fourth-order valence-electron chi connectivity index (χ4n) is 1.69. The van der Waals surface area contributed by atoms with E-state index in [0.29, 0.717) is 11.3 Å². The first kappa shape index (κ1) is 13.1. The van der Waals surface area contributed by atoms with Crippen molar-refractivity contribution >= 4 is 11.6 Å². The molecule has 0 aromatic heterocycles. The van der Waals surface area contributed by atoms with Gasteiger partial charge in [-0.15, -0.1) is 0 Å². The average Bonchev–Trinajstić information content (AvgIpc) is 2.33. The van der Waals surface area contributed by atoms with E-state index in [9.17, 15) is 14.3 Å². The van der Waals surface area contributed by atoms with Crippen LogP contribution in [0.15, 0.2) is 36.4 Å². The van der Waals surface area contributed by atoms with Crippen molar-refractivity contribution in [2.45, 2.75) is 13.8 Å². The number of anilines is 1. The maximum Gasteiger partial charge on any atom is 0.258 e. The summed E-state index contributed by atoms with van der Waals surface area (Å²) in [6.07, 6.45) is 0. The SMILES string of the molecule is Cc1ccc(C(=O)Nc2ccc(C)c(O)c2)c(F)c1. The standard InChI is InChI=1S/C15H14FNO2/c1-9-3-6-12(13(16)7-9)15(19)17-11-5-4-10(2)14(18)8-11/h3-8,18H,1-2H3,(H,17,19). The van der Waals surface area contributed by atoms with Crippen molar-refractivity contribution in [2.24, 2.45) is 0 Å². The van der Waals surface area contributed by atoms with Crippen LogP contribution in [0.4, 0.5) is 10.1 Å². The van der Waals surface area contributed by atoms with E-state index in [1.54, 1.807) is 32.0 Å². The first-order valence-electron chi connectivity index (χ1n) is 5.84. The van der Waals surface area contributed by atoms with Crippen molar-refractivity contribution < 1.29 is 14.3 Å². The molecule has 19 heavy (non-hydrogen) atoms. The van der Waals surface area contributed by atoms with E-state index in [1.807, 2.05) is 0 Å². The second-order valence-corrected chi connectivity index (χ2v) is 4.44. The Morgan fingerprint density at radius 1 is 1.16 bits per heavy atom. The molecule has 0 bridgehead atoms. The summed E-state index contributed by atoms with van der Waals surface area (Å²) in [4.78, 5) is 11.9. The molecule has 0 heterocycles. The molecule has 0 aliphatic heterocycles. The van der Waals surface area contributed by atoms with Gasteiger partial charge < -0.3 is 10.4 Å². The van der Waals surface area contributed by atoms with Crippen LogP contribution in [-0.2, 0) is 0 Å². The summed E-state index contributed by atoms with van der Waals surface area (Å²) in [7, 11) is 0. The number of phenols is 1. The summed E-state index contributed by atoms with van der Waals surface area (Å²) in [5.74, 6) is -1.02. The van der Waals surface area contributed by atoms with Crippen LogP contribution in [0.25, 0.3) is 0 Å². The predicted octanol–water partition coefficient (Wildman–Crippen LogP) is 3.40. The Kier molecular flexibility index (Phi) is 3.51. The minimum absolute atomic E-state index is 0.0225. The number of hydrogen-bond acceptors (Lipinski definition) is 2. The van der Waals surface area contributed by atoms with Crippen LogP contribution >= 0.6 is 0 Å². The number of nitrogens with one attached hydrogen (secondary N) is 1. The van der Waals surface area contributed by atoms with Crippen LogP contribution in [0.2, 0.25) is 0 Å². The number of carbonyl (C=O) groups excluding carboxylic acids is 1. The topological polar surface area (TPSA) is 49.3 Å². The van der Waals surface area contributed by atoms with Crippen LogP contribution < -0.4 is 5.32 Å². The number of rotatable bonds is 2. The minimum atomic E-state index is -0.561. The highest BCUT2D eigenvalue weighted by molar-refractivity contribution is 6.04. The number of aryl methyl sites for hydroxylation is 2. The fraction of sp³-hybridized carbons (Fsp3) is 0.133. The van der Waals surface area contributed by atoms with Crippen LogP contribution in [-0.4, -0.2) is 11.0 Å². The summed E-state index contributed by atoms with van der Waals surface area (Å²) in [6.45, 7) is 3.50. The summed E-state index contributed by atoms with van der Waals surface area (Å²) < 4.78 is 13.6. The molecule has 2 aromatic carbocycles. The lowest BCUT2D eigenvalue weighted by molar-refractivity contribution is 0.102. The number of carbonyl (C=O) groups is 1. The lowest BCUT2D eigenvalue weighted by Crippen LogP contribution is -2.13. The summed E-state index contributed by atoms with van der Waals surface area (Å²) in [5, 5.41) is 12.1. The fourth-order valence-corrected chi connectivity index (χ4v) is 1.69. The van der Waals surface area contributed by atoms with Gasteiger partial charge in [-0.25, -0.2) is 4.39 Å². The molecule has 0 saturated heterocycles. The molecule has 0 radical (unpaired) electrons. The van der Waals surface area contributed by atoms with E-state index in [4.69, 9.17) is 0 Å². The van der Waals surface area contributed by atoms with Gasteiger partial charge in [0.2, 0.25) is 0 Å². The number of amides is 1. The molecule has 0 aliphatic rings. The van der Waals surface area contributed by atoms with Crippen molar-refractivity contribution in [3.63, 3.8) is 0 Å². The van der Waals surface area contributed by atoms with Gasteiger partial charge in [0.25, 0.3) is 5.91 Å². The van der Waals surface area contributed by atoms with Gasteiger partial charge in [-0.05, 0) is 43.2 Å². The zero-order valence-electron chi connectivity index (χ0n) is 10.7. The molecule has 0 atom stereocenters. The first-order chi connectivity index (χ1) is 8.97. The molecule has 0 unspecified atom stereocenters. The molecule has 2 rings (SSSR count). The third-order valence-corrected chi connectivity index (χ3v) is 2.84. The molecule has 0 aliphatic carbocycles. The van der Waals surface area contributed by atoms with Gasteiger partial charge in [0.1, 0.15) is 11.6 Å². The lowest BCUT2D eigenvalue weighted by atomic mass is 10.1. The highest BCUT2D eigenvalue weighted by Gasteiger charge is 2.12. The molecule has 98 valence electrons. The second kappa shape index (κ2) is 5.10. The van der Waals surface area contributed by atoms with Crippen LogP contribution in [0.1, 0.15) is 21.5 Å². The van der Waals surface area contributed by atoms with Crippen LogP contribution in [0.5, 0.6) is 5.75 Å². The average molecular weight is 259 g/mol. The highest BCUT2D eigenvalue weighted by Crippen LogP contribution is 2.21. The van der Waals surface area contributed by atoms with Gasteiger partial charge in [0.05, 0.1) is 5.56 Å². The van der Waals surface area contributed by atoms with E-state index in [2.05, 4.69) is 5.32 Å². The quantitative estimate of drug-likeness (QED) is 0.868. The Bertz CT molecular complexity index is 638. The largest absolute Gasteiger partial charge is 0.508 e. The van der Waals surface area contributed by atoms with Gasteiger partial charge in [-0.1, -0.05) is 12.1 Å². The molecule has 0 saturated carbocycles. The third kappa shape index (κ3) is 2.91. The van der Waals surface area contributed by atoms with E-state index < -0.39 is 11.7 Å². The maximum absolute atomic E-state index is 13.6. The van der Waals surface area contributed by atoms with Gasteiger partial charge in [0.15, 0.2) is 0 Å². The van der Waals surface area contributed by atoms with Crippen molar-refractivity contribution in [3.05, 3.63) is 58.9 Å². The summed E-state index contributed by atoms with van der Waals surface area (Å²) in [5.41, 5.74) is 1.86. The number of hydrogen-bond donors (Lipinski definition) is 2. The van der Waals surface area contributed by atoms with Crippen molar-refractivity contribution in [2.75, 3.05) is 5.32 Å². The number of phenolic OH excluding ortho intramolecular Hbond substituents is 1. The Morgan fingerprint density at radius 2 is 1.89 bits per heavy atom. The minimum Gasteiger partial charge on any atom is -0.508 e. The zero-order valence-corrected chi connectivity index (χ0v) is 10.7. The van der Waals surface area contributed by atoms with Crippen molar-refractivity contribution in [1.29, 1.82) is 0 Å². The molecule has 0 spiro atoms. The van der Waals surface area contributed by atoms with Gasteiger partial charge in [-0.3, -0.25) is 4.79 Å². The third-order valence-electron chi connectivity index (χ3n) is 2.84. The van der Waals surface area contributed by atoms with E-state index in [1.165, 1.54) is 18.2 Å². The van der Waals surface area contributed by atoms with Gasteiger partial charge in [-0.2, -0.15) is 0 Å². The lowest BCUT2D eigenvalue weighted by Gasteiger charge is -2.08. The molecule has 0 fully saturated rings. The number of benzene rings is 2. The van der Waals surface area contributed by atoms with Crippen molar-refractivity contribution in [1.82, 2.24) is 0 Å². The van der Waals surface area contributed by atoms with Crippen LogP contribution in [0, 0.1) is 19.7 Å². The monoisotopic (exact) mass is 259 g/mol. The molecular formula is C15H14FNO2. The van der Waals surface area contributed by atoms with Crippen LogP contribution in [0.3, 0.4) is 0 Å². The van der Waals surface area contributed by atoms with Gasteiger partial charge in [0, 0.05) is 11.8 Å². The van der Waals surface area contributed by atoms with E-state index in [0.717, 1.165) is 5.56 Å². The van der Waals surface area contributed by atoms with Crippen molar-refractivity contribution in [3.8, 4) is 5.75 Å². The molecule has 1 amide bonds. The Hall–Kier alpha value is -2.36. The smallest absolute Gasteiger partial charge is 0.258 e. The Labute approximate surface area is 110 Å². The highest BCUT2D eigenvalue weighted by atomic mass is 19.1. The van der Waals surface area contributed by atoms with Gasteiger partial charge >= 0.3 is 0 Å².